The van der Waals surface area contributed by atoms with Crippen molar-refractivity contribution >= 4 is 11.8 Å². The summed E-state index contributed by atoms with van der Waals surface area (Å²) in [5, 5.41) is 0.824. The molecule has 1 fully saturated rings. The Balaban J connectivity index is 2.18. The van der Waals surface area contributed by atoms with Crippen molar-refractivity contribution in [1.82, 2.24) is 5.12 Å². The molecule has 6 heavy (non-hydrogen) atoms. The van der Waals surface area contributed by atoms with Gasteiger partial charge in [0.25, 0.3) is 0 Å². The summed E-state index contributed by atoms with van der Waals surface area (Å²) >= 11 is 1.63. The van der Waals surface area contributed by atoms with Crippen molar-refractivity contribution in [3.8, 4) is 0 Å². The standard InChI is InChI=1S/C3H6FNS/c4-5-1-2-6-3-5/h1-3H2. The SMILES string of the molecule is FN1CCSC1. The number of hydrogen-bond donors (Lipinski definition) is 0. The molecule has 1 rings (SSSR count). The third-order valence-electron chi connectivity index (χ3n) is 0.710. The molecule has 3 heteroatoms. The molecule has 0 atom stereocenters. The van der Waals surface area contributed by atoms with Crippen LogP contribution in [0.4, 0.5) is 4.48 Å². The lowest BCUT2D eigenvalue weighted by Crippen LogP contribution is -2.05. The summed E-state index contributed by atoms with van der Waals surface area (Å²) in [4.78, 5) is 0. The summed E-state index contributed by atoms with van der Waals surface area (Å²) in [6, 6.07) is 0. The van der Waals surface area contributed by atoms with Crippen molar-refractivity contribution in [2.45, 2.75) is 0 Å². The Morgan fingerprint density at radius 3 is 2.67 bits per heavy atom. The minimum atomic E-state index is 0.569. The van der Waals surface area contributed by atoms with Gasteiger partial charge in [-0.15, -0.1) is 21.4 Å². The normalized spacial score (nSPS) is 25.5. The maximum atomic E-state index is 11.7. The van der Waals surface area contributed by atoms with Crippen LogP contribution in [0.3, 0.4) is 0 Å². The van der Waals surface area contributed by atoms with E-state index >= 15 is 0 Å². The summed E-state index contributed by atoms with van der Waals surface area (Å²) < 4.78 is 11.7. The van der Waals surface area contributed by atoms with E-state index in [2.05, 4.69) is 0 Å². The second kappa shape index (κ2) is 1.80. The van der Waals surface area contributed by atoms with Gasteiger partial charge in [-0.2, -0.15) is 0 Å². The summed E-state index contributed by atoms with van der Waals surface area (Å²) in [6.45, 7) is 0.616. The summed E-state index contributed by atoms with van der Waals surface area (Å²) in [7, 11) is 0. The van der Waals surface area contributed by atoms with Gasteiger partial charge in [0.15, 0.2) is 0 Å². The molecule has 1 heterocycles. The molecule has 0 spiro atoms. The topological polar surface area (TPSA) is 3.24 Å². The van der Waals surface area contributed by atoms with Gasteiger partial charge in [0.05, 0.1) is 5.88 Å². The summed E-state index contributed by atoms with van der Waals surface area (Å²) in [6.07, 6.45) is 0. The highest BCUT2D eigenvalue weighted by Crippen LogP contribution is 2.11. The predicted octanol–water partition coefficient (Wildman–Crippen LogP) is 0.877. The molecular formula is C3H6FNS. The molecule has 0 aromatic carbocycles. The van der Waals surface area contributed by atoms with Crippen molar-refractivity contribution in [3.05, 3.63) is 0 Å². The van der Waals surface area contributed by atoms with Crippen LogP contribution in [0.15, 0.2) is 0 Å². The fourth-order valence-corrected chi connectivity index (χ4v) is 1.18. The molecule has 0 amide bonds. The summed E-state index contributed by atoms with van der Waals surface area (Å²) in [5.41, 5.74) is 0. The lowest BCUT2D eigenvalue weighted by atomic mass is 10.8. The number of thioether (sulfide) groups is 1. The first-order valence-corrected chi connectivity index (χ1v) is 3.03. The van der Waals surface area contributed by atoms with E-state index in [-0.39, 0.29) is 0 Å². The molecule has 0 aromatic rings. The van der Waals surface area contributed by atoms with Crippen LogP contribution in [0.5, 0.6) is 0 Å². The second-order valence-electron chi connectivity index (χ2n) is 1.22. The van der Waals surface area contributed by atoms with Crippen LogP contribution in [0.1, 0.15) is 0 Å². The van der Waals surface area contributed by atoms with Crippen LogP contribution in [0.25, 0.3) is 0 Å². The highest BCUT2D eigenvalue weighted by molar-refractivity contribution is 7.99. The van der Waals surface area contributed by atoms with E-state index in [0.717, 1.165) is 10.9 Å². The van der Waals surface area contributed by atoms with E-state index < -0.39 is 0 Å². The quantitative estimate of drug-likeness (QED) is 0.423. The Morgan fingerprint density at radius 2 is 2.50 bits per heavy atom. The van der Waals surface area contributed by atoms with Crippen LogP contribution in [0.2, 0.25) is 0 Å². The zero-order valence-corrected chi connectivity index (χ0v) is 4.17. The zero-order valence-electron chi connectivity index (χ0n) is 3.35. The van der Waals surface area contributed by atoms with Gasteiger partial charge in [0.1, 0.15) is 0 Å². The molecular weight excluding hydrogens is 101 g/mol. The van der Waals surface area contributed by atoms with E-state index in [9.17, 15) is 4.48 Å². The molecule has 1 aliphatic rings. The Morgan fingerprint density at radius 1 is 1.67 bits per heavy atom. The van der Waals surface area contributed by atoms with E-state index in [4.69, 9.17) is 0 Å². The lowest BCUT2D eigenvalue weighted by Gasteiger charge is -1.92. The van der Waals surface area contributed by atoms with Crippen molar-refractivity contribution in [3.63, 3.8) is 0 Å². The van der Waals surface area contributed by atoms with Gasteiger partial charge in [0, 0.05) is 12.3 Å². The van der Waals surface area contributed by atoms with Crippen molar-refractivity contribution < 1.29 is 4.48 Å². The fourth-order valence-electron chi connectivity index (χ4n) is 0.392. The Hall–Kier alpha value is 0.240. The number of nitrogens with zero attached hydrogens (tertiary/aromatic N) is 1. The average molecular weight is 107 g/mol. The average Bonchev–Trinajstić information content (AvgIpc) is 1.86. The third-order valence-corrected chi connectivity index (χ3v) is 1.64. The van der Waals surface area contributed by atoms with E-state index in [0.29, 0.717) is 12.4 Å². The van der Waals surface area contributed by atoms with Gasteiger partial charge in [-0.1, -0.05) is 0 Å². The second-order valence-corrected chi connectivity index (χ2v) is 2.30. The smallest absolute Gasteiger partial charge is 0.0747 e. The van der Waals surface area contributed by atoms with Crippen LogP contribution < -0.4 is 0 Å². The molecule has 1 aliphatic heterocycles. The molecule has 0 saturated carbocycles. The van der Waals surface area contributed by atoms with Crippen molar-refractivity contribution in [1.29, 1.82) is 0 Å². The van der Waals surface area contributed by atoms with Gasteiger partial charge in [0.2, 0.25) is 0 Å². The molecule has 0 N–H and O–H groups in total. The highest BCUT2D eigenvalue weighted by Gasteiger charge is 2.08. The third kappa shape index (κ3) is 0.849. The largest absolute Gasteiger partial charge is 0.142 e. The predicted molar refractivity (Wildman–Crippen MR) is 25.1 cm³/mol. The first kappa shape index (κ1) is 4.40. The first-order chi connectivity index (χ1) is 2.89. The number of rotatable bonds is 0. The maximum Gasteiger partial charge on any atom is 0.0747 e. The minimum absolute atomic E-state index is 0.569. The molecule has 0 aromatic heterocycles. The van der Waals surface area contributed by atoms with Gasteiger partial charge in [-0.3, -0.25) is 0 Å². The van der Waals surface area contributed by atoms with Crippen LogP contribution in [-0.2, 0) is 0 Å². The van der Waals surface area contributed by atoms with Gasteiger partial charge in [-0.25, -0.2) is 0 Å². The monoisotopic (exact) mass is 107 g/mol. The maximum absolute atomic E-state index is 11.7. The van der Waals surface area contributed by atoms with Gasteiger partial charge < -0.3 is 0 Å². The minimum Gasteiger partial charge on any atom is -0.142 e. The van der Waals surface area contributed by atoms with Crippen molar-refractivity contribution in [2.24, 2.45) is 0 Å². The fraction of sp³-hybridized carbons (Fsp3) is 1.00. The van der Waals surface area contributed by atoms with Gasteiger partial charge >= 0.3 is 0 Å². The Bertz CT molecular complexity index is 44.1. The van der Waals surface area contributed by atoms with E-state index in [1.165, 1.54) is 0 Å². The highest BCUT2D eigenvalue weighted by atomic mass is 32.2. The lowest BCUT2D eigenvalue weighted by molar-refractivity contribution is 0.0679. The molecule has 0 radical (unpaired) electrons. The van der Waals surface area contributed by atoms with E-state index in [1.54, 1.807) is 11.8 Å². The Kier molecular flexibility index (Phi) is 1.32. The molecule has 0 unspecified atom stereocenters. The van der Waals surface area contributed by atoms with Crippen molar-refractivity contribution in [2.75, 3.05) is 18.2 Å². The van der Waals surface area contributed by atoms with Crippen LogP contribution >= 0.6 is 11.8 Å². The molecule has 1 saturated heterocycles. The number of hydrogen-bond acceptors (Lipinski definition) is 2. The molecule has 36 valence electrons. The van der Waals surface area contributed by atoms with Crippen LogP contribution in [0, 0.1) is 0 Å². The molecule has 1 nitrogen and oxygen atoms in total. The van der Waals surface area contributed by atoms with Gasteiger partial charge in [-0.05, 0) is 0 Å². The molecule has 0 bridgehead atoms. The van der Waals surface area contributed by atoms with Crippen LogP contribution in [-0.4, -0.2) is 23.3 Å². The Labute approximate surface area is 40.4 Å². The zero-order chi connectivity index (χ0) is 4.41. The summed E-state index contributed by atoms with van der Waals surface area (Å²) in [5.74, 6) is 1.52. The molecule has 0 aliphatic carbocycles. The first-order valence-electron chi connectivity index (χ1n) is 1.88. The van der Waals surface area contributed by atoms with E-state index in [1.807, 2.05) is 0 Å². The number of halogens is 1.